The maximum atomic E-state index is 14.2. The van der Waals surface area contributed by atoms with Crippen molar-refractivity contribution in [3.63, 3.8) is 0 Å². The van der Waals surface area contributed by atoms with E-state index in [4.69, 9.17) is 9.47 Å². The summed E-state index contributed by atoms with van der Waals surface area (Å²) in [6.45, 7) is -0.463. The van der Waals surface area contributed by atoms with Crippen LogP contribution in [-0.4, -0.2) is 55.2 Å². The van der Waals surface area contributed by atoms with E-state index in [0.717, 1.165) is 11.3 Å². The second-order valence-electron chi connectivity index (χ2n) is 10.4. The third kappa shape index (κ3) is 6.28. The Hall–Kier alpha value is -4.99. The van der Waals surface area contributed by atoms with Gasteiger partial charge in [0.05, 0.1) is 31.2 Å². The highest BCUT2D eigenvalue weighted by Gasteiger charge is 2.41. The number of anilines is 2. The van der Waals surface area contributed by atoms with Crippen LogP contribution in [0.1, 0.15) is 35.2 Å². The van der Waals surface area contributed by atoms with Gasteiger partial charge < -0.3 is 19.7 Å². The lowest BCUT2D eigenvalue weighted by atomic mass is 9.85. The lowest BCUT2D eigenvalue weighted by Crippen LogP contribution is -2.54. The van der Waals surface area contributed by atoms with E-state index in [0.29, 0.717) is 41.3 Å². The first-order valence-electron chi connectivity index (χ1n) is 14.0. The number of carbonyl (C=O) groups excluding carboxylic acids is 4. The van der Waals surface area contributed by atoms with E-state index in [1.54, 1.807) is 54.6 Å². The number of ether oxygens (including phenoxy) is 2. The zero-order chi connectivity index (χ0) is 30.5. The molecule has 2 atom stereocenters. The van der Waals surface area contributed by atoms with Gasteiger partial charge in [0.15, 0.2) is 0 Å². The van der Waals surface area contributed by atoms with E-state index in [1.165, 1.54) is 31.3 Å². The summed E-state index contributed by atoms with van der Waals surface area (Å²) in [6, 6.07) is 16.2. The minimum atomic E-state index is -0.960. The molecule has 1 aliphatic carbocycles. The molecule has 1 N–H and O–H groups in total. The number of fused-ring (bicyclic) bond motifs is 1. The van der Waals surface area contributed by atoms with Crippen molar-refractivity contribution in [2.75, 3.05) is 31.0 Å². The van der Waals surface area contributed by atoms with Crippen molar-refractivity contribution in [1.82, 2.24) is 4.90 Å². The van der Waals surface area contributed by atoms with Crippen LogP contribution >= 0.6 is 0 Å². The SMILES string of the molecule is COc1ccc(NC(=O)C(C2CC=CCC2)N(Cc2ccc(F)cc2)C(=O)CN2C(=O)C(=O)c3ccccc32)c(OC)c1. The Kier molecular flexibility index (Phi) is 8.85. The molecule has 3 aromatic rings. The van der Waals surface area contributed by atoms with Crippen LogP contribution in [0.15, 0.2) is 78.9 Å². The molecule has 0 spiro atoms. The van der Waals surface area contributed by atoms with Crippen LogP contribution in [-0.2, 0) is 20.9 Å². The Morgan fingerprint density at radius 1 is 1.02 bits per heavy atom. The van der Waals surface area contributed by atoms with Gasteiger partial charge in [0.1, 0.15) is 29.9 Å². The number of ketones is 1. The van der Waals surface area contributed by atoms with Gasteiger partial charge in [-0.3, -0.25) is 24.1 Å². The summed E-state index contributed by atoms with van der Waals surface area (Å²) in [5.74, 6) is -2.22. The molecule has 0 bridgehead atoms. The molecule has 9 nitrogen and oxygen atoms in total. The van der Waals surface area contributed by atoms with Crippen LogP contribution in [0.3, 0.4) is 0 Å². The van der Waals surface area contributed by atoms with Crippen molar-refractivity contribution < 1.29 is 33.0 Å². The number of hydrogen-bond donors (Lipinski definition) is 1. The summed E-state index contributed by atoms with van der Waals surface area (Å²) >= 11 is 0. The number of nitrogens with zero attached hydrogens (tertiary/aromatic N) is 2. The standard InChI is InChI=1S/C33H32FN3O6/c1-42-24-16-17-26(28(18-24)43-2)35-32(40)30(22-8-4-3-5-9-22)37(19-21-12-14-23(34)15-13-21)29(38)20-36-27-11-7-6-10-25(27)31(39)33(36)41/h3-4,6-7,10-18,22,30H,5,8-9,19-20H2,1-2H3,(H,35,40). The lowest BCUT2D eigenvalue weighted by molar-refractivity contribution is -0.140. The van der Waals surface area contributed by atoms with Crippen molar-refractivity contribution in [2.45, 2.75) is 31.8 Å². The molecule has 0 saturated carbocycles. The minimum Gasteiger partial charge on any atom is -0.497 e. The van der Waals surface area contributed by atoms with E-state index < -0.39 is 41.9 Å². The molecule has 0 fully saturated rings. The number of para-hydroxylation sites is 1. The summed E-state index contributed by atoms with van der Waals surface area (Å²) < 4.78 is 24.5. The van der Waals surface area contributed by atoms with Crippen molar-refractivity contribution in [3.8, 4) is 11.5 Å². The normalized spacial score (nSPS) is 16.4. The molecule has 3 amide bonds. The van der Waals surface area contributed by atoms with Gasteiger partial charge in [-0.1, -0.05) is 36.4 Å². The van der Waals surface area contributed by atoms with E-state index in [9.17, 15) is 23.6 Å². The number of amides is 3. The fourth-order valence-electron chi connectivity index (χ4n) is 5.58. The lowest BCUT2D eigenvalue weighted by Gasteiger charge is -2.37. The molecule has 1 heterocycles. The molecule has 10 heteroatoms. The van der Waals surface area contributed by atoms with Crippen molar-refractivity contribution in [1.29, 1.82) is 0 Å². The first-order chi connectivity index (χ1) is 20.8. The third-order valence-electron chi connectivity index (χ3n) is 7.79. The maximum Gasteiger partial charge on any atom is 0.299 e. The molecule has 0 saturated heterocycles. The topological polar surface area (TPSA) is 105 Å². The molecule has 3 aromatic carbocycles. The Morgan fingerprint density at radius 2 is 1.79 bits per heavy atom. The van der Waals surface area contributed by atoms with Gasteiger partial charge in [-0.25, -0.2) is 4.39 Å². The van der Waals surface area contributed by atoms with Crippen LogP contribution in [0, 0.1) is 11.7 Å². The number of nitrogens with one attached hydrogen (secondary N) is 1. The highest BCUT2D eigenvalue weighted by atomic mass is 19.1. The highest BCUT2D eigenvalue weighted by molar-refractivity contribution is 6.52. The van der Waals surface area contributed by atoms with Gasteiger partial charge in [-0.15, -0.1) is 0 Å². The van der Waals surface area contributed by atoms with Crippen molar-refractivity contribution >= 4 is 34.9 Å². The van der Waals surface area contributed by atoms with Gasteiger partial charge in [-0.05, 0) is 67.1 Å². The fraction of sp³-hybridized carbons (Fsp3) is 0.273. The van der Waals surface area contributed by atoms with Crippen molar-refractivity contribution in [2.24, 2.45) is 5.92 Å². The predicted molar refractivity (Wildman–Crippen MR) is 159 cm³/mol. The van der Waals surface area contributed by atoms with Crippen LogP contribution in [0.2, 0.25) is 0 Å². The number of methoxy groups -OCH3 is 2. The molecule has 222 valence electrons. The van der Waals surface area contributed by atoms with Gasteiger partial charge in [0, 0.05) is 12.6 Å². The van der Waals surface area contributed by atoms with Crippen LogP contribution in [0.4, 0.5) is 15.8 Å². The molecule has 1 aliphatic heterocycles. The Labute approximate surface area is 248 Å². The largest absolute Gasteiger partial charge is 0.497 e. The highest BCUT2D eigenvalue weighted by Crippen LogP contribution is 2.33. The van der Waals surface area contributed by atoms with Gasteiger partial charge in [0.25, 0.3) is 11.7 Å². The van der Waals surface area contributed by atoms with E-state index >= 15 is 0 Å². The van der Waals surface area contributed by atoms with E-state index in [-0.39, 0.29) is 18.0 Å². The zero-order valence-electron chi connectivity index (χ0n) is 23.9. The molecular formula is C33H32FN3O6. The average molecular weight is 586 g/mol. The number of carbonyl (C=O) groups is 4. The van der Waals surface area contributed by atoms with Gasteiger partial charge in [0.2, 0.25) is 11.8 Å². The van der Waals surface area contributed by atoms with E-state index in [1.807, 2.05) is 12.2 Å². The van der Waals surface area contributed by atoms with E-state index in [2.05, 4.69) is 5.32 Å². The number of Topliss-reactive ketones (excluding diaryl/α,β-unsaturated/α-hetero) is 1. The number of hydrogen-bond acceptors (Lipinski definition) is 6. The summed E-state index contributed by atoms with van der Waals surface area (Å²) in [7, 11) is 3.00. The first-order valence-corrected chi connectivity index (χ1v) is 14.0. The Balaban J connectivity index is 1.52. The smallest absolute Gasteiger partial charge is 0.299 e. The zero-order valence-corrected chi connectivity index (χ0v) is 23.9. The maximum absolute atomic E-state index is 14.2. The number of halogens is 1. The van der Waals surface area contributed by atoms with Gasteiger partial charge >= 0.3 is 0 Å². The molecule has 2 aliphatic rings. The average Bonchev–Trinajstić information content (AvgIpc) is 3.27. The summed E-state index contributed by atoms with van der Waals surface area (Å²) in [5.41, 5.74) is 1.57. The van der Waals surface area contributed by atoms with Gasteiger partial charge in [-0.2, -0.15) is 0 Å². The molecule has 0 radical (unpaired) electrons. The summed E-state index contributed by atoms with van der Waals surface area (Å²) in [4.78, 5) is 56.5. The minimum absolute atomic E-state index is 0.0191. The van der Waals surface area contributed by atoms with Crippen molar-refractivity contribution in [3.05, 3.63) is 95.8 Å². The van der Waals surface area contributed by atoms with Crippen LogP contribution < -0.4 is 19.7 Å². The summed E-state index contributed by atoms with van der Waals surface area (Å²) in [5, 5.41) is 2.93. The second-order valence-corrected chi connectivity index (χ2v) is 10.4. The van der Waals surface area contributed by atoms with Crippen LogP contribution in [0.5, 0.6) is 11.5 Å². The Bertz CT molecular complexity index is 1570. The predicted octanol–water partition coefficient (Wildman–Crippen LogP) is 4.76. The molecule has 5 rings (SSSR count). The summed E-state index contributed by atoms with van der Waals surface area (Å²) in [6.07, 6.45) is 5.95. The molecular weight excluding hydrogens is 553 g/mol. The molecule has 2 unspecified atom stereocenters. The Morgan fingerprint density at radius 3 is 2.49 bits per heavy atom. The molecule has 43 heavy (non-hydrogen) atoms. The quantitative estimate of drug-likeness (QED) is 0.272. The first kappa shape index (κ1) is 29.5. The van der Waals surface area contributed by atoms with Crippen LogP contribution in [0.25, 0.3) is 0 Å². The number of rotatable bonds is 10. The second kappa shape index (κ2) is 12.9. The number of benzene rings is 3. The fourth-order valence-corrected chi connectivity index (χ4v) is 5.58. The molecule has 0 aromatic heterocycles. The third-order valence-corrected chi connectivity index (χ3v) is 7.79. The number of allylic oxidation sites excluding steroid dienone is 2. The monoisotopic (exact) mass is 585 g/mol.